The van der Waals surface area contributed by atoms with Crippen molar-refractivity contribution in [2.24, 2.45) is 0 Å². The molecule has 1 aromatic rings. The summed E-state index contributed by atoms with van der Waals surface area (Å²) in [5.41, 5.74) is 1.85. The first-order chi connectivity index (χ1) is 6.72. The SMILES string of the molecule is CCOC(=O)C=Cc1ccc(C)cn1. The normalized spacial score (nSPS) is 10.4. The summed E-state index contributed by atoms with van der Waals surface area (Å²) in [6.45, 7) is 4.13. The second kappa shape index (κ2) is 5.17. The van der Waals surface area contributed by atoms with Crippen molar-refractivity contribution in [1.29, 1.82) is 0 Å². The number of esters is 1. The predicted molar refractivity (Wildman–Crippen MR) is 54.6 cm³/mol. The van der Waals surface area contributed by atoms with Gasteiger partial charge in [-0.05, 0) is 31.6 Å². The molecule has 0 fully saturated rings. The lowest BCUT2D eigenvalue weighted by Gasteiger charge is -1.95. The molecule has 0 aliphatic carbocycles. The van der Waals surface area contributed by atoms with Crippen molar-refractivity contribution >= 4 is 12.0 Å². The average Bonchev–Trinajstić information content (AvgIpc) is 2.17. The average molecular weight is 191 g/mol. The molecule has 3 nitrogen and oxygen atoms in total. The molecular weight excluding hydrogens is 178 g/mol. The van der Waals surface area contributed by atoms with E-state index < -0.39 is 0 Å². The standard InChI is InChI=1S/C11H13NO2/c1-3-14-11(13)7-6-10-5-4-9(2)8-12-10/h4-8H,3H2,1-2H3. The van der Waals surface area contributed by atoms with Gasteiger partial charge in [0.15, 0.2) is 0 Å². The Labute approximate surface area is 83.4 Å². The van der Waals surface area contributed by atoms with E-state index in [1.807, 2.05) is 19.1 Å². The van der Waals surface area contributed by atoms with Crippen LogP contribution < -0.4 is 0 Å². The van der Waals surface area contributed by atoms with E-state index in [-0.39, 0.29) is 5.97 Å². The number of hydrogen-bond donors (Lipinski definition) is 0. The molecule has 0 spiro atoms. The smallest absolute Gasteiger partial charge is 0.330 e. The first kappa shape index (κ1) is 10.4. The van der Waals surface area contributed by atoms with Gasteiger partial charge >= 0.3 is 5.97 Å². The summed E-state index contributed by atoms with van der Waals surface area (Å²) >= 11 is 0. The van der Waals surface area contributed by atoms with Crippen LogP contribution in [0.5, 0.6) is 0 Å². The van der Waals surface area contributed by atoms with E-state index in [0.717, 1.165) is 11.3 Å². The van der Waals surface area contributed by atoms with Gasteiger partial charge in [0.2, 0.25) is 0 Å². The van der Waals surface area contributed by atoms with Crippen molar-refractivity contribution in [3.8, 4) is 0 Å². The number of aromatic nitrogens is 1. The summed E-state index contributed by atoms with van der Waals surface area (Å²) in [4.78, 5) is 15.1. The van der Waals surface area contributed by atoms with E-state index in [1.165, 1.54) is 6.08 Å². The van der Waals surface area contributed by atoms with Gasteiger partial charge in [-0.25, -0.2) is 4.79 Å². The summed E-state index contributed by atoms with van der Waals surface area (Å²) in [6, 6.07) is 3.79. The summed E-state index contributed by atoms with van der Waals surface area (Å²) < 4.78 is 4.73. The summed E-state index contributed by atoms with van der Waals surface area (Å²) in [6.07, 6.45) is 4.77. The zero-order valence-electron chi connectivity index (χ0n) is 8.36. The molecule has 0 aliphatic heterocycles. The second-order valence-corrected chi connectivity index (χ2v) is 2.85. The molecular formula is C11H13NO2. The van der Waals surface area contributed by atoms with Gasteiger partial charge < -0.3 is 4.74 Å². The maximum atomic E-state index is 10.9. The predicted octanol–water partition coefficient (Wildman–Crippen LogP) is 1.97. The van der Waals surface area contributed by atoms with Gasteiger partial charge in [0.05, 0.1) is 12.3 Å². The van der Waals surface area contributed by atoms with E-state index in [0.29, 0.717) is 6.61 Å². The van der Waals surface area contributed by atoms with Gasteiger partial charge in [-0.3, -0.25) is 4.98 Å². The zero-order chi connectivity index (χ0) is 10.4. The highest BCUT2D eigenvalue weighted by Gasteiger charge is 1.93. The minimum absolute atomic E-state index is 0.338. The third-order valence-electron chi connectivity index (χ3n) is 1.61. The van der Waals surface area contributed by atoms with Crippen LogP contribution in [0.15, 0.2) is 24.4 Å². The highest BCUT2D eigenvalue weighted by molar-refractivity contribution is 5.86. The maximum Gasteiger partial charge on any atom is 0.330 e. The molecule has 0 aromatic carbocycles. The van der Waals surface area contributed by atoms with Crippen LogP contribution >= 0.6 is 0 Å². The fourth-order valence-electron chi connectivity index (χ4n) is 0.922. The number of aryl methyl sites for hydroxylation is 1. The number of carbonyl (C=O) groups is 1. The van der Waals surface area contributed by atoms with E-state index >= 15 is 0 Å². The van der Waals surface area contributed by atoms with Crippen LogP contribution in [0.25, 0.3) is 6.08 Å². The van der Waals surface area contributed by atoms with Gasteiger partial charge in [0, 0.05) is 12.3 Å². The lowest BCUT2D eigenvalue weighted by atomic mass is 10.2. The summed E-state index contributed by atoms with van der Waals surface area (Å²) in [5.74, 6) is -0.338. The Hall–Kier alpha value is -1.64. The highest BCUT2D eigenvalue weighted by atomic mass is 16.5. The largest absolute Gasteiger partial charge is 0.463 e. The van der Waals surface area contributed by atoms with Crippen LogP contribution in [-0.2, 0) is 9.53 Å². The van der Waals surface area contributed by atoms with E-state index in [1.54, 1.807) is 19.2 Å². The van der Waals surface area contributed by atoms with Crippen LogP contribution in [0.4, 0.5) is 0 Å². The van der Waals surface area contributed by atoms with E-state index in [9.17, 15) is 4.79 Å². The Morgan fingerprint density at radius 3 is 2.93 bits per heavy atom. The molecule has 0 amide bonds. The molecule has 0 bridgehead atoms. The minimum Gasteiger partial charge on any atom is -0.463 e. The third kappa shape index (κ3) is 3.39. The molecule has 0 unspecified atom stereocenters. The number of rotatable bonds is 3. The Kier molecular flexibility index (Phi) is 3.85. The van der Waals surface area contributed by atoms with Crippen molar-refractivity contribution in [1.82, 2.24) is 4.98 Å². The summed E-state index contributed by atoms with van der Waals surface area (Å²) in [5, 5.41) is 0. The molecule has 0 radical (unpaired) electrons. The van der Waals surface area contributed by atoms with Crippen molar-refractivity contribution in [2.45, 2.75) is 13.8 Å². The Morgan fingerprint density at radius 2 is 2.36 bits per heavy atom. The van der Waals surface area contributed by atoms with Gasteiger partial charge in [0.25, 0.3) is 0 Å². The molecule has 0 saturated heterocycles. The highest BCUT2D eigenvalue weighted by Crippen LogP contribution is 2.00. The van der Waals surface area contributed by atoms with Crippen LogP contribution in [0.1, 0.15) is 18.2 Å². The Morgan fingerprint density at radius 1 is 1.57 bits per heavy atom. The number of pyridine rings is 1. The van der Waals surface area contributed by atoms with Crippen molar-refractivity contribution in [3.63, 3.8) is 0 Å². The van der Waals surface area contributed by atoms with Gasteiger partial charge in [-0.1, -0.05) is 6.07 Å². The zero-order valence-corrected chi connectivity index (χ0v) is 8.36. The molecule has 0 aliphatic rings. The Balaban J connectivity index is 2.60. The van der Waals surface area contributed by atoms with Gasteiger partial charge in [-0.2, -0.15) is 0 Å². The molecule has 14 heavy (non-hydrogen) atoms. The molecule has 0 N–H and O–H groups in total. The molecule has 0 saturated carbocycles. The lowest BCUT2D eigenvalue weighted by Crippen LogP contribution is -1.98. The molecule has 1 rings (SSSR count). The van der Waals surface area contributed by atoms with Gasteiger partial charge in [0.1, 0.15) is 0 Å². The number of hydrogen-bond acceptors (Lipinski definition) is 3. The topological polar surface area (TPSA) is 39.2 Å². The van der Waals surface area contributed by atoms with E-state index in [4.69, 9.17) is 4.74 Å². The van der Waals surface area contributed by atoms with Crippen molar-refractivity contribution in [2.75, 3.05) is 6.61 Å². The third-order valence-corrected chi connectivity index (χ3v) is 1.61. The number of ether oxygens (including phenoxy) is 1. The fourth-order valence-corrected chi connectivity index (χ4v) is 0.922. The maximum absolute atomic E-state index is 10.9. The first-order valence-electron chi connectivity index (χ1n) is 4.50. The summed E-state index contributed by atoms with van der Waals surface area (Å²) in [7, 11) is 0. The second-order valence-electron chi connectivity index (χ2n) is 2.85. The van der Waals surface area contributed by atoms with Crippen LogP contribution in [0.2, 0.25) is 0 Å². The Bertz CT molecular complexity index is 328. The molecule has 1 aromatic heterocycles. The molecule has 3 heteroatoms. The first-order valence-corrected chi connectivity index (χ1v) is 4.50. The molecule has 1 heterocycles. The fraction of sp³-hybridized carbons (Fsp3) is 0.273. The van der Waals surface area contributed by atoms with E-state index in [2.05, 4.69) is 4.98 Å². The van der Waals surface area contributed by atoms with Crippen LogP contribution in [0, 0.1) is 6.92 Å². The molecule has 74 valence electrons. The quantitative estimate of drug-likeness (QED) is 0.541. The molecule has 0 atom stereocenters. The van der Waals surface area contributed by atoms with Crippen molar-refractivity contribution < 1.29 is 9.53 Å². The lowest BCUT2D eigenvalue weighted by molar-refractivity contribution is -0.137. The number of carbonyl (C=O) groups excluding carboxylic acids is 1. The van der Waals surface area contributed by atoms with Gasteiger partial charge in [-0.15, -0.1) is 0 Å². The monoisotopic (exact) mass is 191 g/mol. The minimum atomic E-state index is -0.338. The van der Waals surface area contributed by atoms with Crippen molar-refractivity contribution in [3.05, 3.63) is 35.7 Å². The van der Waals surface area contributed by atoms with Crippen LogP contribution in [0.3, 0.4) is 0 Å². The number of nitrogens with zero attached hydrogens (tertiary/aromatic N) is 1. The van der Waals surface area contributed by atoms with Crippen LogP contribution in [-0.4, -0.2) is 17.6 Å².